The molecular formula is C61H102O5. The van der Waals surface area contributed by atoms with E-state index in [1.807, 2.05) is 0 Å². The highest BCUT2D eigenvalue weighted by atomic mass is 16.6. The second kappa shape index (κ2) is 55.9. The Hall–Kier alpha value is -3.44. The second-order valence-electron chi connectivity index (χ2n) is 17.7. The summed E-state index contributed by atoms with van der Waals surface area (Å²) in [5, 5.41) is 0. The third kappa shape index (κ3) is 53.2. The molecule has 1 atom stereocenters. The van der Waals surface area contributed by atoms with Crippen LogP contribution in [0.1, 0.15) is 239 Å². The lowest BCUT2D eigenvalue weighted by Crippen LogP contribution is -2.30. The first-order valence-corrected chi connectivity index (χ1v) is 27.4. The van der Waals surface area contributed by atoms with Crippen LogP contribution in [0.3, 0.4) is 0 Å². The summed E-state index contributed by atoms with van der Waals surface area (Å²) in [5.74, 6) is -0.441. The van der Waals surface area contributed by atoms with Gasteiger partial charge in [-0.25, -0.2) is 0 Å². The predicted molar refractivity (Wildman–Crippen MR) is 288 cm³/mol. The summed E-state index contributed by atoms with van der Waals surface area (Å²) in [4.78, 5) is 25.5. The van der Waals surface area contributed by atoms with E-state index in [2.05, 4.69) is 130 Å². The van der Waals surface area contributed by atoms with Gasteiger partial charge in [0.15, 0.2) is 6.10 Å². The molecule has 0 amide bonds. The largest absolute Gasteiger partial charge is 0.462 e. The molecule has 0 saturated heterocycles. The molecule has 0 saturated carbocycles. The molecule has 0 aliphatic heterocycles. The topological polar surface area (TPSA) is 61.8 Å². The van der Waals surface area contributed by atoms with Gasteiger partial charge in [0.2, 0.25) is 0 Å². The number of allylic oxidation sites excluding steroid dienone is 18. The van der Waals surface area contributed by atoms with Gasteiger partial charge in [0, 0.05) is 19.4 Å². The van der Waals surface area contributed by atoms with E-state index < -0.39 is 6.10 Å². The average Bonchev–Trinajstić information content (AvgIpc) is 3.32. The van der Waals surface area contributed by atoms with Crippen LogP contribution < -0.4 is 0 Å². The molecule has 5 heteroatoms. The summed E-state index contributed by atoms with van der Waals surface area (Å²) in [6, 6.07) is 0. The van der Waals surface area contributed by atoms with Crippen LogP contribution in [-0.2, 0) is 23.8 Å². The number of rotatable bonds is 49. The van der Waals surface area contributed by atoms with E-state index in [9.17, 15) is 9.59 Å². The number of esters is 2. The zero-order valence-electron chi connectivity index (χ0n) is 43.2. The molecule has 0 aliphatic carbocycles. The molecule has 0 aromatic heterocycles. The van der Waals surface area contributed by atoms with Crippen molar-refractivity contribution in [2.75, 3.05) is 19.8 Å². The molecule has 0 fully saturated rings. The first-order chi connectivity index (χ1) is 32.6. The Morgan fingerprint density at radius 3 is 1.15 bits per heavy atom. The summed E-state index contributed by atoms with van der Waals surface area (Å²) in [5.41, 5.74) is 0. The van der Waals surface area contributed by atoms with Crippen molar-refractivity contribution in [1.29, 1.82) is 0 Å². The van der Waals surface area contributed by atoms with Gasteiger partial charge in [-0.3, -0.25) is 9.59 Å². The highest BCUT2D eigenvalue weighted by Crippen LogP contribution is 2.13. The summed E-state index contributed by atoms with van der Waals surface area (Å²) in [7, 11) is 0. The lowest BCUT2D eigenvalue weighted by atomic mass is 10.1. The first kappa shape index (κ1) is 62.6. The van der Waals surface area contributed by atoms with E-state index in [0.29, 0.717) is 19.4 Å². The third-order valence-electron chi connectivity index (χ3n) is 11.2. The molecule has 0 bridgehead atoms. The van der Waals surface area contributed by atoms with Crippen LogP contribution >= 0.6 is 0 Å². The van der Waals surface area contributed by atoms with Gasteiger partial charge in [0.05, 0.1) is 6.61 Å². The molecule has 376 valence electrons. The Labute approximate surface area is 408 Å². The molecular weight excluding hydrogens is 813 g/mol. The summed E-state index contributed by atoms with van der Waals surface area (Å²) in [6.45, 7) is 7.54. The Morgan fingerprint density at radius 2 is 0.712 bits per heavy atom. The van der Waals surface area contributed by atoms with E-state index in [0.717, 1.165) is 122 Å². The van der Waals surface area contributed by atoms with Crippen molar-refractivity contribution in [2.24, 2.45) is 0 Å². The monoisotopic (exact) mass is 915 g/mol. The molecule has 0 spiro atoms. The van der Waals surface area contributed by atoms with Crippen LogP contribution in [0.4, 0.5) is 0 Å². The van der Waals surface area contributed by atoms with Crippen LogP contribution in [0.15, 0.2) is 109 Å². The maximum atomic E-state index is 12.8. The van der Waals surface area contributed by atoms with Crippen molar-refractivity contribution < 1.29 is 23.8 Å². The van der Waals surface area contributed by atoms with Crippen molar-refractivity contribution in [2.45, 2.75) is 245 Å². The minimum atomic E-state index is -0.567. The van der Waals surface area contributed by atoms with Gasteiger partial charge in [-0.1, -0.05) is 214 Å². The van der Waals surface area contributed by atoms with E-state index in [4.69, 9.17) is 14.2 Å². The quantitative estimate of drug-likeness (QED) is 0.0346. The Bertz CT molecular complexity index is 1310. The van der Waals surface area contributed by atoms with Crippen molar-refractivity contribution in [3.63, 3.8) is 0 Å². The minimum Gasteiger partial charge on any atom is -0.462 e. The van der Waals surface area contributed by atoms with Crippen molar-refractivity contribution in [1.82, 2.24) is 0 Å². The Balaban J connectivity index is 4.36. The zero-order chi connectivity index (χ0) is 47.7. The van der Waals surface area contributed by atoms with Gasteiger partial charge in [-0.15, -0.1) is 0 Å². The van der Waals surface area contributed by atoms with Gasteiger partial charge in [-0.2, -0.15) is 0 Å². The van der Waals surface area contributed by atoms with Gasteiger partial charge in [0.25, 0.3) is 0 Å². The highest BCUT2D eigenvalue weighted by molar-refractivity contribution is 5.70. The third-order valence-corrected chi connectivity index (χ3v) is 11.2. The number of carbonyl (C=O) groups is 2. The smallest absolute Gasteiger partial charge is 0.306 e. The summed E-state index contributed by atoms with van der Waals surface area (Å²) >= 11 is 0. The maximum Gasteiger partial charge on any atom is 0.306 e. The molecule has 0 aliphatic rings. The molecule has 0 radical (unpaired) electrons. The first-order valence-electron chi connectivity index (χ1n) is 27.4. The highest BCUT2D eigenvalue weighted by Gasteiger charge is 2.17. The van der Waals surface area contributed by atoms with Gasteiger partial charge in [0.1, 0.15) is 6.61 Å². The molecule has 0 rings (SSSR count). The number of unbranched alkanes of at least 4 members (excludes halogenated alkanes) is 20. The Morgan fingerprint density at radius 1 is 0.348 bits per heavy atom. The fraction of sp³-hybridized carbons (Fsp3) is 0.672. The number of ether oxygens (including phenoxy) is 3. The van der Waals surface area contributed by atoms with Crippen LogP contribution in [-0.4, -0.2) is 37.9 Å². The SMILES string of the molecule is CC/C=C\C/C=C\C/C=C\C/C=C\C/C=C\CCCCCCOCC(COC(=O)CCCCCCCCC/C=C\C/C=C\CCCCC)OC(=O)CCCCCCC/C=C\C/C=C\CCC. The normalized spacial score (nSPS) is 13.1. The molecule has 66 heavy (non-hydrogen) atoms. The molecule has 0 heterocycles. The minimum absolute atomic E-state index is 0.0590. The molecule has 5 nitrogen and oxygen atoms in total. The number of carbonyl (C=O) groups excluding carboxylic acids is 2. The van der Waals surface area contributed by atoms with Crippen LogP contribution in [0.25, 0.3) is 0 Å². The molecule has 0 aromatic rings. The van der Waals surface area contributed by atoms with E-state index >= 15 is 0 Å². The standard InChI is InChI=1S/C61H102O5/c1-4-7-10-13-16-19-22-25-27-29-30-31-33-35-38-41-44-47-50-53-56-64-57-59(66-61(63)55-52-49-46-43-40-36-24-21-18-15-12-9-6-3)58-65-60(62)54-51-48-45-42-39-37-34-32-28-26-23-20-17-14-11-8-5-2/h7,10,12,15-17,19-21,24-28,30-31,35,38,59H,4-6,8-9,11,13-14,18,22-23,29,32-34,36-37,39-58H2,1-3H3/b10-7-,15-12-,19-16-,20-17-,24-21-,27-25-,28-26-,31-30-,38-35-. The number of hydrogen-bond donors (Lipinski definition) is 0. The van der Waals surface area contributed by atoms with E-state index in [-0.39, 0.29) is 25.2 Å². The Kier molecular flexibility index (Phi) is 53.0. The lowest BCUT2D eigenvalue weighted by Gasteiger charge is -2.18. The van der Waals surface area contributed by atoms with Gasteiger partial charge in [-0.05, 0) is 122 Å². The molecule has 0 aromatic carbocycles. The van der Waals surface area contributed by atoms with Gasteiger partial charge < -0.3 is 14.2 Å². The lowest BCUT2D eigenvalue weighted by molar-refractivity contribution is -0.163. The number of hydrogen-bond acceptors (Lipinski definition) is 5. The fourth-order valence-corrected chi connectivity index (χ4v) is 7.19. The average molecular weight is 915 g/mol. The summed E-state index contributed by atoms with van der Waals surface area (Å²) in [6.07, 6.45) is 76.7. The maximum absolute atomic E-state index is 12.8. The van der Waals surface area contributed by atoms with Crippen LogP contribution in [0.5, 0.6) is 0 Å². The second-order valence-corrected chi connectivity index (χ2v) is 17.7. The van der Waals surface area contributed by atoms with Gasteiger partial charge >= 0.3 is 11.9 Å². The van der Waals surface area contributed by atoms with Crippen molar-refractivity contribution in [3.8, 4) is 0 Å². The molecule has 1 unspecified atom stereocenters. The van der Waals surface area contributed by atoms with Crippen LogP contribution in [0, 0.1) is 0 Å². The van der Waals surface area contributed by atoms with Crippen molar-refractivity contribution in [3.05, 3.63) is 109 Å². The predicted octanol–water partition coefficient (Wildman–Crippen LogP) is 18.8. The summed E-state index contributed by atoms with van der Waals surface area (Å²) < 4.78 is 17.4. The zero-order valence-corrected chi connectivity index (χ0v) is 43.2. The van der Waals surface area contributed by atoms with E-state index in [1.165, 1.54) is 83.5 Å². The van der Waals surface area contributed by atoms with Crippen molar-refractivity contribution >= 4 is 11.9 Å². The fourth-order valence-electron chi connectivity index (χ4n) is 7.19. The van der Waals surface area contributed by atoms with Crippen LogP contribution in [0.2, 0.25) is 0 Å². The molecule has 0 N–H and O–H groups in total. The van der Waals surface area contributed by atoms with E-state index in [1.54, 1.807) is 0 Å².